The molecule has 0 aliphatic carbocycles. The van der Waals surface area contributed by atoms with E-state index in [0.717, 1.165) is 11.8 Å². The molecule has 0 saturated carbocycles. The van der Waals surface area contributed by atoms with Gasteiger partial charge in [-0.05, 0) is 11.8 Å². The fourth-order valence-electron chi connectivity index (χ4n) is 1.89. The normalized spacial score (nSPS) is 28.1. The number of aliphatic imine (C=N–C) groups is 2. The summed E-state index contributed by atoms with van der Waals surface area (Å²) in [7, 11) is 0. The summed E-state index contributed by atoms with van der Waals surface area (Å²) in [5, 5.41) is 0. The van der Waals surface area contributed by atoms with E-state index < -0.39 is 0 Å². The fraction of sp³-hybridized carbons (Fsp3) is 0.846. The van der Waals surface area contributed by atoms with Gasteiger partial charge in [0, 0.05) is 0 Å². The predicted molar refractivity (Wildman–Crippen MR) is 68.6 cm³/mol. The molecule has 96 valence electrons. The third-order valence-electron chi connectivity index (χ3n) is 3.30. The van der Waals surface area contributed by atoms with Crippen LogP contribution in [0.5, 0.6) is 0 Å². The van der Waals surface area contributed by atoms with E-state index in [-0.39, 0.29) is 0 Å². The average Bonchev–Trinajstić information content (AvgIpc) is 2.87. The van der Waals surface area contributed by atoms with E-state index in [9.17, 15) is 0 Å². The quantitative estimate of drug-likeness (QED) is 0.754. The Morgan fingerprint density at radius 1 is 0.941 bits per heavy atom. The summed E-state index contributed by atoms with van der Waals surface area (Å²) < 4.78 is 11.1. The van der Waals surface area contributed by atoms with Crippen LogP contribution in [0.2, 0.25) is 0 Å². The third kappa shape index (κ3) is 2.99. The van der Waals surface area contributed by atoms with Crippen LogP contribution in [0.4, 0.5) is 0 Å². The van der Waals surface area contributed by atoms with Gasteiger partial charge in [-0.2, -0.15) is 0 Å². The topological polar surface area (TPSA) is 43.2 Å². The Hall–Kier alpha value is -1.06. The van der Waals surface area contributed by atoms with Crippen LogP contribution >= 0.6 is 0 Å². The molecular formula is C13H22N2O2. The lowest BCUT2D eigenvalue weighted by Gasteiger charge is -2.06. The Balaban J connectivity index is 1.91. The molecule has 2 rings (SSSR count). The maximum atomic E-state index is 5.57. The Bertz CT molecular complexity index is 302. The second kappa shape index (κ2) is 5.07. The Labute approximate surface area is 103 Å². The highest BCUT2D eigenvalue weighted by Gasteiger charge is 2.26. The summed E-state index contributed by atoms with van der Waals surface area (Å²) in [6, 6.07) is 0.598. The molecule has 0 fully saturated rings. The average molecular weight is 238 g/mol. The largest absolute Gasteiger partial charge is 0.478 e. The number of hydrogen-bond acceptors (Lipinski definition) is 4. The third-order valence-corrected chi connectivity index (χ3v) is 3.30. The van der Waals surface area contributed by atoms with Crippen LogP contribution in [-0.4, -0.2) is 37.1 Å². The molecule has 0 N–H and O–H groups in total. The molecule has 0 bridgehead atoms. The molecule has 2 aliphatic rings. The van der Waals surface area contributed by atoms with Crippen molar-refractivity contribution in [1.82, 2.24) is 0 Å². The summed E-state index contributed by atoms with van der Waals surface area (Å²) in [5.41, 5.74) is 0. The van der Waals surface area contributed by atoms with Gasteiger partial charge in [-0.1, -0.05) is 27.7 Å². The zero-order valence-corrected chi connectivity index (χ0v) is 11.1. The van der Waals surface area contributed by atoms with E-state index in [1.54, 1.807) is 0 Å². The minimum Gasteiger partial charge on any atom is -0.478 e. The van der Waals surface area contributed by atoms with E-state index >= 15 is 0 Å². The van der Waals surface area contributed by atoms with Gasteiger partial charge in [0.05, 0.1) is 18.5 Å². The van der Waals surface area contributed by atoms with Crippen molar-refractivity contribution in [3.63, 3.8) is 0 Å². The van der Waals surface area contributed by atoms with Gasteiger partial charge in [-0.15, -0.1) is 0 Å². The van der Waals surface area contributed by atoms with E-state index in [1.807, 2.05) is 0 Å². The maximum absolute atomic E-state index is 5.57. The standard InChI is InChI=1S/C13H22N2O2/c1-8(2)10-6-16-12(14-10)5-13-15-11(7-17-13)9(3)4/h8-11H,5-7H2,1-4H3/t10-,11+. The molecule has 0 spiro atoms. The lowest BCUT2D eigenvalue weighted by molar-refractivity contribution is 0.277. The molecule has 0 unspecified atom stereocenters. The van der Waals surface area contributed by atoms with Crippen LogP contribution in [0.3, 0.4) is 0 Å². The first-order valence-electron chi connectivity index (χ1n) is 6.45. The SMILES string of the molecule is CC(C)[C@@H]1COC(CC2=N[C@@H](C(C)C)CO2)=N1. The summed E-state index contributed by atoms with van der Waals surface area (Å²) in [6.45, 7) is 10.1. The summed E-state index contributed by atoms with van der Waals surface area (Å²) in [4.78, 5) is 9.11. The molecule has 2 atom stereocenters. The van der Waals surface area contributed by atoms with Crippen molar-refractivity contribution >= 4 is 11.8 Å². The zero-order chi connectivity index (χ0) is 12.4. The molecule has 0 saturated heterocycles. The second-order valence-corrected chi connectivity index (χ2v) is 5.47. The molecular weight excluding hydrogens is 216 g/mol. The van der Waals surface area contributed by atoms with Crippen LogP contribution in [0.25, 0.3) is 0 Å². The van der Waals surface area contributed by atoms with E-state index in [4.69, 9.17) is 9.47 Å². The smallest absolute Gasteiger partial charge is 0.193 e. The van der Waals surface area contributed by atoms with Crippen molar-refractivity contribution in [1.29, 1.82) is 0 Å². The molecule has 0 aromatic heterocycles. The summed E-state index contributed by atoms with van der Waals surface area (Å²) in [6.07, 6.45) is 0.618. The molecule has 0 aromatic carbocycles. The first-order valence-corrected chi connectivity index (χ1v) is 6.45. The van der Waals surface area contributed by atoms with E-state index in [0.29, 0.717) is 43.6 Å². The van der Waals surface area contributed by atoms with Gasteiger partial charge < -0.3 is 9.47 Å². The van der Waals surface area contributed by atoms with Crippen LogP contribution in [0.1, 0.15) is 34.1 Å². The van der Waals surface area contributed by atoms with E-state index in [1.165, 1.54) is 0 Å². The van der Waals surface area contributed by atoms with Gasteiger partial charge >= 0.3 is 0 Å². The monoisotopic (exact) mass is 238 g/mol. The van der Waals surface area contributed by atoms with Crippen LogP contribution in [0.15, 0.2) is 9.98 Å². The molecule has 2 heterocycles. The van der Waals surface area contributed by atoms with Crippen LogP contribution in [-0.2, 0) is 9.47 Å². The molecule has 17 heavy (non-hydrogen) atoms. The fourth-order valence-corrected chi connectivity index (χ4v) is 1.89. The number of nitrogens with zero attached hydrogens (tertiary/aromatic N) is 2. The number of hydrogen-bond donors (Lipinski definition) is 0. The van der Waals surface area contributed by atoms with Gasteiger partial charge in [0.2, 0.25) is 0 Å². The Kier molecular flexibility index (Phi) is 3.69. The lowest BCUT2D eigenvalue weighted by Crippen LogP contribution is -2.13. The lowest BCUT2D eigenvalue weighted by atomic mass is 10.1. The molecule has 4 heteroatoms. The molecule has 0 amide bonds. The van der Waals surface area contributed by atoms with Gasteiger partial charge in [-0.3, -0.25) is 0 Å². The second-order valence-electron chi connectivity index (χ2n) is 5.47. The summed E-state index contributed by atoms with van der Waals surface area (Å²) >= 11 is 0. The highest BCUT2D eigenvalue weighted by atomic mass is 16.5. The summed E-state index contributed by atoms with van der Waals surface area (Å²) in [5.74, 6) is 2.63. The Morgan fingerprint density at radius 3 is 1.65 bits per heavy atom. The number of ether oxygens (including phenoxy) is 2. The first-order chi connectivity index (χ1) is 8.06. The Morgan fingerprint density at radius 2 is 1.35 bits per heavy atom. The number of rotatable bonds is 4. The van der Waals surface area contributed by atoms with Crippen molar-refractivity contribution in [3.05, 3.63) is 0 Å². The molecule has 0 aromatic rings. The molecule has 2 aliphatic heterocycles. The van der Waals surface area contributed by atoms with Gasteiger partial charge in [0.15, 0.2) is 11.8 Å². The van der Waals surface area contributed by atoms with Crippen molar-refractivity contribution in [2.45, 2.75) is 46.2 Å². The minimum absolute atomic E-state index is 0.299. The zero-order valence-electron chi connectivity index (χ0n) is 11.1. The highest BCUT2D eigenvalue weighted by Crippen LogP contribution is 2.19. The van der Waals surface area contributed by atoms with Gasteiger partial charge in [0.25, 0.3) is 0 Å². The maximum Gasteiger partial charge on any atom is 0.193 e. The highest BCUT2D eigenvalue weighted by molar-refractivity contribution is 5.98. The first kappa shape index (κ1) is 12.4. The van der Waals surface area contributed by atoms with E-state index in [2.05, 4.69) is 37.7 Å². The minimum atomic E-state index is 0.299. The van der Waals surface area contributed by atoms with Crippen LogP contribution < -0.4 is 0 Å². The van der Waals surface area contributed by atoms with Crippen molar-refractivity contribution in [2.24, 2.45) is 21.8 Å². The molecule has 4 nitrogen and oxygen atoms in total. The van der Waals surface area contributed by atoms with Crippen molar-refractivity contribution in [3.8, 4) is 0 Å². The van der Waals surface area contributed by atoms with Gasteiger partial charge in [0.1, 0.15) is 13.2 Å². The van der Waals surface area contributed by atoms with Crippen molar-refractivity contribution < 1.29 is 9.47 Å². The van der Waals surface area contributed by atoms with Crippen LogP contribution in [0, 0.1) is 11.8 Å². The van der Waals surface area contributed by atoms with Gasteiger partial charge in [-0.25, -0.2) is 9.98 Å². The molecule has 0 radical (unpaired) electrons. The predicted octanol–water partition coefficient (Wildman–Crippen LogP) is 2.28. The van der Waals surface area contributed by atoms with Crippen molar-refractivity contribution in [2.75, 3.05) is 13.2 Å².